The highest BCUT2D eigenvalue weighted by Gasteiger charge is 2.12. The minimum Gasteiger partial charge on any atom is -0.422 e. The van der Waals surface area contributed by atoms with E-state index in [1.165, 1.54) is 0 Å². The second-order valence-electron chi connectivity index (χ2n) is 4.69. The molecule has 0 spiro atoms. The molecule has 0 atom stereocenters. The van der Waals surface area contributed by atoms with E-state index in [4.69, 9.17) is 4.74 Å². The Morgan fingerprint density at radius 3 is 2.35 bits per heavy atom. The summed E-state index contributed by atoms with van der Waals surface area (Å²) in [5.74, 6) is 0.307. The molecule has 3 rings (SSSR count). The lowest BCUT2D eigenvalue weighted by molar-refractivity contribution is 0.0736. The Hall–Kier alpha value is -2.61. The van der Waals surface area contributed by atoms with Crippen molar-refractivity contribution < 1.29 is 9.53 Å². The molecular weight excluding hydrogens is 248 g/mol. The first kappa shape index (κ1) is 12.4. The standard InChI is InChI=1S/C18H14O2/c1-13-11-12-14-7-5-6-10-16(14)17(13)20-18(19)15-8-3-2-4-9-15/h2-12H,1H3. The van der Waals surface area contributed by atoms with Crippen molar-refractivity contribution in [2.24, 2.45) is 0 Å². The van der Waals surface area contributed by atoms with Crippen LogP contribution >= 0.6 is 0 Å². The minimum absolute atomic E-state index is 0.329. The van der Waals surface area contributed by atoms with Gasteiger partial charge in [0, 0.05) is 5.39 Å². The van der Waals surface area contributed by atoms with E-state index >= 15 is 0 Å². The topological polar surface area (TPSA) is 26.3 Å². The van der Waals surface area contributed by atoms with Gasteiger partial charge in [0.2, 0.25) is 0 Å². The largest absolute Gasteiger partial charge is 0.422 e. The van der Waals surface area contributed by atoms with Crippen LogP contribution in [-0.2, 0) is 0 Å². The summed E-state index contributed by atoms with van der Waals surface area (Å²) >= 11 is 0. The van der Waals surface area contributed by atoms with Crippen molar-refractivity contribution in [3.63, 3.8) is 0 Å². The highest BCUT2D eigenvalue weighted by Crippen LogP contribution is 2.29. The van der Waals surface area contributed by atoms with Crippen LogP contribution in [0.2, 0.25) is 0 Å². The summed E-state index contributed by atoms with van der Waals surface area (Å²) in [4.78, 5) is 12.2. The lowest BCUT2D eigenvalue weighted by Crippen LogP contribution is -2.09. The molecule has 0 fully saturated rings. The fourth-order valence-corrected chi connectivity index (χ4v) is 2.21. The van der Waals surface area contributed by atoms with Gasteiger partial charge in [0.25, 0.3) is 0 Å². The number of aryl methyl sites for hydroxylation is 1. The summed E-state index contributed by atoms with van der Waals surface area (Å²) in [5, 5.41) is 2.02. The third kappa shape index (κ3) is 2.28. The van der Waals surface area contributed by atoms with Gasteiger partial charge in [-0.15, -0.1) is 0 Å². The van der Waals surface area contributed by atoms with Crippen LogP contribution in [0.25, 0.3) is 10.8 Å². The Labute approximate surface area is 117 Å². The molecule has 0 amide bonds. The fraction of sp³-hybridized carbons (Fsp3) is 0.0556. The normalized spacial score (nSPS) is 10.4. The van der Waals surface area contributed by atoms with E-state index in [-0.39, 0.29) is 5.97 Å². The first-order valence-corrected chi connectivity index (χ1v) is 6.51. The number of hydrogen-bond donors (Lipinski definition) is 0. The number of fused-ring (bicyclic) bond motifs is 1. The number of hydrogen-bond acceptors (Lipinski definition) is 2. The molecular formula is C18H14O2. The third-order valence-electron chi connectivity index (χ3n) is 3.28. The smallest absolute Gasteiger partial charge is 0.343 e. The molecule has 3 aromatic carbocycles. The summed E-state index contributed by atoms with van der Waals surface area (Å²) in [6, 6.07) is 20.9. The number of carbonyl (C=O) groups is 1. The Morgan fingerprint density at radius 2 is 1.55 bits per heavy atom. The van der Waals surface area contributed by atoms with Crippen molar-refractivity contribution in [3.05, 3.63) is 77.9 Å². The summed E-state index contributed by atoms with van der Waals surface area (Å²) in [5.41, 5.74) is 1.51. The molecule has 0 radical (unpaired) electrons. The number of benzene rings is 3. The average molecular weight is 262 g/mol. The second kappa shape index (κ2) is 5.17. The number of ether oxygens (including phenoxy) is 1. The molecule has 0 aliphatic rings. The van der Waals surface area contributed by atoms with Gasteiger partial charge in [-0.05, 0) is 30.0 Å². The molecule has 2 heteroatoms. The van der Waals surface area contributed by atoms with Gasteiger partial charge in [-0.1, -0.05) is 54.6 Å². The molecule has 2 nitrogen and oxygen atoms in total. The van der Waals surface area contributed by atoms with Crippen LogP contribution in [0.4, 0.5) is 0 Å². The van der Waals surface area contributed by atoms with Crippen LogP contribution in [0, 0.1) is 6.92 Å². The molecule has 0 unspecified atom stereocenters. The first-order chi connectivity index (χ1) is 9.75. The van der Waals surface area contributed by atoms with Crippen molar-refractivity contribution in [1.82, 2.24) is 0 Å². The fourth-order valence-electron chi connectivity index (χ4n) is 2.21. The van der Waals surface area contributed by atoms with E-state index in [1.807, 2.05) is 61.5 Å². The molecule has 0 saturated heterocycles. The SMILES string of the molecule is Cc1ccc2ccccc2c1OC(=O)c1ccccc1. The Bertz CT molecular complexity index is 761. The molecule has 0 heterocycles. The predicted octanol–water partition coefficient (Wildman–Crippen LogP) is 4.37. The molecule has 0 aliphatic heterocycles. The zero-order chi connectivity index (χ0) is 13.9. The molecule has 0 aromatic heterocycles. The molecule has 0 N–H and O–H groups in total. The summed E-state index contributed by atoms with van der Waals surface area (Å²) in [7, 11) is 0. The van der Waals surface area contributed by atoms with Crippen LogP contribution in [-0.4, -0.2) is 5.97 Å². The van der Waals surface area contributed by atoms with E-state index in [9.17, 15) is 4.79 Å². The molecule has 20 heavy (non-hydrogen) atoms. The average Bonchev–Trinajstić information content (AvgIpc) is 2.51. The molecule has 98 valence electrons. The lowest BCUT2D eigenvalue weighted by Gasteiger charge is -2.10. The Balaban J connectivity index is 2.03. The van der Waals surface area contributed by atoms with Gasteiger partial charge in [0.15, 0.2) is 0 Å². The highest BCUT2D eigenvalue weighted by molar-refractivity contribution is 5.96. The maximum absolute atomic E-state index is 12.2. The summed E-state index contributed by atoms with van der Waals surface area (Å²) in [6.45, 7) is 1.94. The highest BCUT2D eigenvalue weighted by atomic mass is 16.5. The van der Waals surface area contributed by atoms with E-state index in [0.29, 0.717) is 11.3 Å². The number of rotatable bonds is 2. The van der Waals surface area contributed by atoms with E-state index in [1.54, 1.807) is 12.1 Å². The number of carbonyl (C=O) groups excluding carboxylic acids is 1. The van der Waals surface area contributed by atoms with Crippen molar-refractivity contribution in [2.45, 2.75) is 6.92 Å². The lowest BCUT2D eigenvalue weighted by atomic mass is 10.1. The van der Waals surface area contributed by atoms with Crippen molar-refractivity contribution in [1.29, 1.82) is 0 Å². The van der Waals surface area contributed by atoms with Crippen LogP contribution in [0.5, 0.6) is 5.75 Å². The summed E-state index contributed by atoms with van der Waals surface area (Å²) in [6.07, 6.45) is 0. The Morgan fingerprint density at radius 1 is 0.850 bits per heavy atom. The van der Waals surface area contributed by atoms with E-state index in [2.05, 4.69) is 0 Å². The van der Waals surface area contributed by atoms with Crippen LogP contribution in [0.3, 0.4) is 0 Å². The zero-order valence-corrected chi connectivity index (χ0v) is 11.2. The molecule has 0 bridgehead atoms. The van der Waals surface area contributed by atoms with Crippen LogP contribution in [0.15, 0.2) is 66.7 Å². The van der Waals surface area contributed by atoms with Gasteiger partial charge >= 0.3 is 5.97 Å². The minimum atomic E-state index is -0.329. The van der Waals surface area contributed by atoms with Gasteiger partial charge < -0.3 is 4.74 Å². The van der Waals surface area contributed by atoms with Crippen LogP contribution < -0.4 is 4.74 Å². The quantitative estimate of drug-likeness (QED) is 0.506. The second-order valence-corrected chi connectivity index (χ2v) is 4.69. The summed E-state index contributed by atoms with van der Waals surface area (Å²) < 4.78 is 5.61. The molecule has 0 aliphatic carbocycles. The van der Waals surface area contributed by atoms with Gasteiger partial charge in [-0.2, -0.15) is 0 Å². The maximum atomic E-state index is 12.2. The van der Waals surface area contributed by atoms with Crippen molar-refractivity contribution in [2.75, 3.05) is 0 Å². The van der Waals surface area contributed by atoms with Crippen molar-refractivity contribution >= 4 is 16.7 Å². The number of esters is 1. The van der Waals surface area contributed by atoms with Gasteiger partial charge in [0.1, 0.15) is 5.75 Å². The van der Waals surface area contributed by atoms with Gasteiger partial charge in [-0.25, -0.2) is 4.79 Å². The third-order valence-corrected chi connectivity index (χ3v) is 3.28. The van der Waals surface area contributed by atoms with Crippen molar-refractivity contribution in [3.8, 4) is 5.75 Å². The van der Waals surface area contributed by atoms with E-state index in [0.717, 1.165) is 16.3 Å². The maximum Gasteiger partial charge on any atom is 0.343 e. The van der Waals surface area contributed by atoms with Gasteiger partial charge in [0.05, 0.1) is 5.56 Å². The zero-order valence-electron chi connectivity index (χ0n) is 11.2. The van der Waals surface area contributed by atoms with Gasteiger partial charge in [-0.3, -0.25) is 0 Å². The van der Waals surface area contributed by atoms with Crippen LogP contribution in [0.1, 0.15) is 15.9 Å². The van der Waals surface area contributed by atoms with E-state index < -0.39 is 0 Å². The molecule has 0 saturated carbocycles. The monoisotopic (exact) mass is 262 g/mol. The molecule has 3 aromatic rings. The predicted molar refractivity (Wildman–Crippen MR) is 80.1 cm³/mol. The first-order valence-electron chi connectivity index (χ1n) is 6.51. The Kier molecular flexibility index (Phi) is 3.21.